The maximum atomic E-state index is 11.9. The lowest BCUT2D eigenvalue weighted by molar-refractivity contribution is 0.0603. The molecule has 20 heavy (non-hydrogen) atoms. The van der Waals surface area contributed by atoms with Crippen LogP contribution in [0.2, 0.25) is 0 Å². The fourth-order valence-electron chi connectivity index (χ4n) is 2.23. The fraction of sp³-hybridized carbons (Fsp3) is 0.571. The average molecular weight is 296 g/mol. The summed E-state index contributed by atoms with van der Waals surface area (Å²) in [4.78, 5) is 23.8. The number of hydrogen-bond donors (Lipinski definition) is 2. The Morgan fingerprint density at radius 1 is 1.45 bits per heavy atom. The Morgan fingerprint density at radius 3 is 2.55 bits per heavy atom. The van der Waals surface area contributed by atoms with Crippen molar-refractivity contribution in [2.75, 3.05) is 24.7 Å². The lowest BCUT2D eigenvalue weighted by Crippen LogP contribution is -2.16. The minimum atomic E-state index is -0.505. The standard InChI is InChI=1S/C14H20N2O3S/c1-4-14(5-6-14)7-16-12-9(13(18)19-3)10(15)11(20-12)8(2)17/h16H,4-7,15H2,1-3H3. The van der Waals surface area contributed by atoms with Gasteiger partial charge in [-0.3, -0.25) is 4.79 Å². The van der Waals surface area contributed by atoms with E-state index in [0.717, 1.165) is 13.0 Å². The van der Waals surface area contributed by atoms with E-state index in [1.54, 1.807) is 0 Å². The molecule has 1 aliphatic carbocycles. The third kappa shape index (κ3) is 2.65. The number of methoxy groups -OCH3 is 1. The highest BCUT2D eigenvalue weighted by molar-refractivity contribution is 7.19. The van der Waals surface area contributed by atoms with E-state index in [1.165, 1.54) is 38.2 Å². The molecule has 1 saturated carbocycles. The minimum absolute atomic E-state index is 0.137. The van der Waals surface area contributed by atoms with Gasteiger partial charge in [-0.1, -0.05) is 6.92 Å². The van der Waals surface area contributed by atoms with Crippen molar-refractivity contribution < 1.29 is 14.3 Å². The van der Waals surface area contributed by atoms with Crippen LogP contribution < -0.4 is 11.1 Å². The third-order valence-corrected chi connectivity index (χ3v) is 5.25. The lowest BCUT2D eigenvalue weighted by Gasteiger charge is -2.14. The second kappa shape index (κ2) is 5.44. The van der Waals surface area contributed by atoms with Crippen molar-refractivity contribution in [3.63, 3.8) is 0 Å². The molecule has 3 N–H and O–H groups in total. The number of nitrogens with one attached hydrogen (secondary N) is 1. The van der Waals surface area contributed by atoms with Crippen molar-refractivity contribution in [1.82, 2.24) is 0 Å². The summed E-state index contributed by atoms with van der Waals surface area (Å²) >= 11 is 1.23. The molecule has 1 fully saturated rings. The van der Waals surface area contributed by atoms with Gasteiger partial charge >= 0.3 is 5.97 Å². The third-order valence-electron chi connectivity index (χ3n) is 3.99. The van der Waals surface area contributed by atoms with E-state index in [9.17, 15) is 9.59 Å². The first-order chi connectivity index (χ1) is 9.44. The number of carbonyl (C=O) groups is 2. The first-order valence-electron chi connectivity index (χ1n) is 6.69. The Labute approximate surface area is 122 Å². The first kappa shape index (κ1) is 14.8. The van der Waals surface area contributed by atoms with Crippen LogP contribution in [0.4, 0.5) is 10.7 Å². The monoisotopic (exact) mass is 296 g/mol. The smallest absolute Gasteiger partial charge is 0.343 e. The number of thiophene rings is 1. The van der Waals surface area contributed by atoms with Crippen LogP contribution >= 0.6 is 11.3 Å². The molecule has 0 aromatic carbocycles. The van der Waals surface area contributed by atoms with E-state index >= 15 is 0 Å². The number of ether oxygens (including phenoxy) is 1. The van der Waals surface area contributed by atoms with E-state index in [2.05, 4.69) is 12.2 Å². The zero-order valence-corrected chi connectivity index (χ0v) is 12.9. The zero-order chi connectivity index (χ0) is 14.9. The van der Waals surface area contributed by atoms with E-state index < -0.39 is 5.97 Å². The zero-order valence-electron chi connectivity index (χ0n) is 12.0. The summed E-state index contributed by atoms with van der Waals surface area (Å²) in [6, 6.07) is 0. The second-order valence-corrected chi connectivity index (χ2v) is 6.32. The highest BCUT2D eigenvalue weighted by Crippen LogP contribution is 2.49. The molecule has 0 atom stereocenters. The largest absolute Gasteiger partial charge is 0.465 e. The molecule has 1 heterocycles. The van der Waals surface area contributed by atoms with Gasteiger partial charge in [0.15, 0.2) is 5.78 Å². The number of Topliss-reactive ketones (excluding diaryl/α,β-unsaturated/α-hetero) is 1. The molecule has 0 unspecified atom stereocenters. The Morgan fingerprint density at radius 2 is 2.10 bits per heavy atom. The van der Waals surface area contributed by atoms with Crippen molar-refractivity contribution >= 4 is 33.8 Å². The summed E-state index contributed by atoms with van der Waals surface area (Å²) in [5, 5.41) is 3.92. The highest BCUT2D eigenvalue weighted by Gasteiger charge is 2.40. The van der Waals surface area contributed by atoms with Crippen molar-refractivity contribution in [2.24, 2.45) is 5.41 Å². The van der Waals surface area contributed by atoms with Crippen LogP contribution in [0.25, 0.3) is 0 Å². The average Bonchev–Trinajstić information content (AvgIpc) is 3.13. The summed E-state index contributed by atoms with van der Waals surface area (Å²) in [6.07, 6.45) is 3.50. The number of anilines is 2. The number of nitrogens with two attached hydrogens (primary N) is 1. The van der Waals surface area contributed by atoms with E-state index in [0.29, 0.717) is 15.3 Å². The van der Waals surface area contributed by atoms with Crippen LogP contribution in [0.3, 0.4) is 0 Å². The summed E-state index contributed by atoms with van der Waals surface area (Å²) in [6.45, 7) is 4.41. The number of esters is 1. The fourth-order valence-corrected chi connectivity index (χ4v) is 3.23. The van der Waals surface area contributed by atoms with Crippen LogP contribution in [0.5, 0.6) is 0 Å². The Bertz CT molecular complexity index is 547. The van der Waals surface area contributed by atoms with Gasteiger partial charge in [-0.25, -0.2) is 4.79 Å². The second-order valence-electron chi connectivity index (χ2n) is 5.30. The summed E-state index contributed by atoms with van der Waals surface area (Å²) in [5.74, 6) is -0.641. The van der Waals surface area contributed by atoms with Crippen LogP contribution in [0, 0.1) is 5.41 Å². The van der Waals surface area contributed by atoms with Gasteiger partial charge in [0.1, 0.15) is 10.6 Å². The van der Waals surface area contributed by atoms with Gasteiger partial charge in [-0.15, -0.1) is 11.3 Å². The molecule has 0 spiro atoms. The normalized spacial score (nSPS) is 15.8. The predicted molar refractivity (Wildman–Crippen MR) is 80.5 cm³/mol. The molecule has 1 aromatic heterocycles. The predicted octanol–water partition coefficient (Wildman–Crippen LogP) is 2.92. The maximum absolute atomic E-state index is 11.9. The van der Waals surface area contributed by atoms with Gasteiger partial charge in [-0.05, 0) is 24.7 Å². The Balaban J connectivity index is 2.28. The SMILES string of the molecule is CCC1(CNc2sc(C(C)=O)c(N)c2C(=O)OC)CC1. The van der Waals surface area contributed by atoms with Gasteiger partial charge in [0, 0.05) is 13.5 Å². The Kier molecular flexibility index (Phi) is 4.04. The van der Waals surface area contributed by atoms with Crippen molar-refractivity contribution in [2.45, 2.75) is 33.1 Å². The molecule has 0 aliphatic heterocycles. The number of hydrogen-bond acceptors (Lipinski definition) is 6. The van der Waals surface area contributed by atoms with E-state index in [1.807, 2.05) is 0 Å². The topological polar surface area (TPSA) is 81.4 Å². The summed E-state index contributed by atoms with van der Waals surface area (Å²) < 4.78 is 4.76. The van der Waals surface area contributed by atoms with Crippen LogP contribution in [-0.4, -0.2) is 25.4 Å². The number of carbonyl (C=O) groups excluding carboxylic acids is 2. The minimum Gasteiger partial charge on any atom is -0.465 e. The number of rotatable bonds is 6. The molecule has 2 rings (SSSR count). The van der Waals surface area contributed by atoms with Crippen LogP contribution in [0.1, 0.15) is 53.1 Å². The van der Waals surface area contributed by atoms with Gasteiger partial charge < -0.3 is 15.8 Å². The molecule has 5 nitrogen and oxygen atoms in total. The maximum Gasteiger partial charge on any atom is 0.343 e. The molecular formula is C14H20N2O3S. The molecule has 0 saturated heterocycles. The summed E-state index contributed by atoms with van der Waals surface area (Å²) in [5.41, 5.74) is 6.76. The van der Waals surface area contributed by atoms with E-state index in [4.69, 9.17) is 10.5 Å². The van der Waals surface area contributed by atoms with Crippen molar-refractivity contribution in [3.05, 3.63) is 10.4 Å². The highest BCUT2D eigenvalue weighted by atomic mass is 32.1. The molecule has 1 aromatic rings. The van der Waals surface area contributed by atoms with Crippen molar-refractivity contribution in [1.29, 1.82) is 0 Å². The Hall–Kier alpha value is -1.56. The molecule has 6 heteroatoms. The summed E-state index contributed by atoms with van der Waals surface area (Å²) in [7, 11) is 1.31. The molecule has 0 amide bonds. The number of ketones is 1. The quantitative estimate of drug-likeness (QED) is 0.623. The molecule has 0 radical (unpaired) electrons. The van der Waals surface area contributed by atoms with Crippen LogP contribution in [-0.2, 0) is 4.74 Å². The van der Waals surface area contributed by atoms with Crippen LogP contribution in [0.15, 0.2) is 0 Å². The lowest BCUT2D eigenvalue weighted by atomic mass is 10.0. The van der Waals surface area contributed by atoms with Crippen molar-refractivity contribution in [3.8, 4) is 0 Å². The van der Waals surface area contributed by atoms with E-state index in [-0.39, 0.29) is 17.0 Å². The molecule has 110 valence electrons. The molecule has 0 bridgehead atoms. The number of nitrogen functional groups attached to an aromatic ring is 1. The molecular weight excluding hydrogens is 276 g/mol. The van der Waals surface area contributed by atoms with Gasteiger partial charge in [0.05, 0.1) is 17.7 Å². The van der Waals surface area contributed by atoms with Gasteiger partial charge in [-0.2, -0.15) is 0 Å². The first-order valence-corrected chi connectivity index (χ1v) is 7.51. The molecule has 1 aliphatic rings. The van der Waals surface area contributed by atoms with Gasteiger partial charge in [0.2, 0.25) is 0 Å². The van der Waals surface area contributed by atoms with Gasteiger partial charge in [0.25, 0.3) is 0 Å².